The summed E-state index contributed by atoms with van der Waals surface area (Å²) in [5.74, 6) is 0.763. The van der Waals surface area contributed by atoms with Crippen LogP contribution in [0.4, 0.5) is 0 Å². The summed E-state index contributed by atoms with van der Waals surface area (Å²) in [5.41, 5.74) is 0. The SMILES string of the molecule is CCCNC1CCN(CCCCCOC)C(C)C1C. The first-order valence-electron chi connectivity index (χ1n) is 8.17. The van der Waals surface area contributed by atoms with E-state index in [-0.39, 0.29) is 0 Å². The van der Waals surface area contributed by atoms with Gasteiger partial charge in [-0.2, -0.15) is 0 Å². The van der Waals surface area contributed by atoms with Gasteiger partial charge in [-0.1, -0.05) is 13.8 Å². The van der Waals surface area contributed by atoms with Crippen LogP contribution in [0, 0.1) is 5.92 Å². The normalized spacial score (nSPS) is 28.7. The molecular weight excluding hydrogens is 236 g/mol. The fraction of sp³-hybridized carbons (Fsp3) is 1.00. The van der Waals surface area contributed by atoms with E-state index in [1.54, 1.807) is 7.11 Å². The molecule has 3 unspecified atom stereocenters. The van der Waals surface area contributed by atoms with E-state index in [1.165, 1.54) is 51.7 Å². The molecule has 0 amide bonds. The number of piperidine rings is 1. The molecule has 1 heterocycles. The number of ether oxygens (including phenoxy) is 1. The molecule has 0 aromatic carbocycles. The zero-order chi connectivity index (χ0) is 14.1. The lowest BCUT2D eigenvalue weighted by Gasteiger charge is -2.43. The van der Waals surface area contributed by atoms with Crippen LogP contribution < -0.4 is 5.32 Å². The van der Waals surface area contributed by atoms with Crippen LogP contribution in [-0.2, 0) is 4.74 Å². The van der Waals surface area contributed by atoms with Gasteiger partial charge in [-0.25, -0.2) is 0 Å². The summed E-state index contributed by atoms with van der Waals surface area (Å²) in [5, 5.41) is 3.71. The average molecular weight is 270 g/mol. The summed E-state index contributed by atoms with van der Waals surface area (Å²) in [6, 6.07) is 1.44. The predicted octanol–water partition coefficient (Wildman–Crippen LogP) is 2.90. The minimum atomic E-state index is 0.713. The first-order valence-corrected chi connectivity index (χ1v) is 8.17. The van der Waals surface area contributed by atoms with E-state index in [2.05, 4.69) is 31.0 Å². The predicted molar refractivity (Wildman–Crippen MR) is 82.6 cm³/mol. The summed E-state index contributed by atoms with van der Waals surface area (Å²) in [4.78, 5) is 2.68. The third-order valence-electron chi connectivity index (χ3n) is 4.65. The molecule has 0 aliphatic carbocycles. The third-order valence-corrected chi connectivity index (χ3v) is 4.65. The molecule has 3 heteroatoms. The second kappa shape index (κ2) is 9.73. The van der Waals surface area contributed by atoms with Gasteiger partial charge in [0.25, 0.3) is 0 Å². The number of hydrogen-bond acceptors (Lipinski definition) is 3. The zero-order valence-corrected chi connectivity index (χ0v) is 13.5. The van der Waals surface area contributed by atoms with Crippen molar-refractivity contribution in [2.24, 2.45) is 5.92 Å². The summed E-state index contributed by atoms with van der Waals surface area (Å²) >= 11 is 0. The molecule has 3 nitrogen and oxygen atoms in total. The topological polar surface area (TPSA) is 24.5 Å². The van der Waals surface area contributed by atoms with Crippen molar-refractivity contribution in [3.63, 3.8) is 0 Å². The van der Waals surface area contributed by atoms with Crippen LogP contribution >= 0.6 is 0 Å². The van der Waals surface area contributed by atoms with Crippen LogP contribution in [0.15, 0.2) is 0 Å². The first kappa shape index (κ1) is 16.9. The molecule has 19 heavy (non-hydrogen) atoms. The van der Waals surface area contributed by atoms with E-state index >= 15 is 0 Å². The number of likely N-dealkylation sites (tertiary alicyclic amines) is 1. The van der Waals surface area contributed by atoms with Gasteiger partial charge < -0.3 is 15.0 Å². The Labute approximate surface area is 120 Å². The molecule has 0 aromatic heterocycles. The Kier molecular flexibility index (Phi) is 8.67. The van der Waals surface area contributed by atoms with Crippen molar-refractivity contribution in [2.45, 2.75) is 65.0 Å². The molecule has 0 saturated carbocycles. The van der Waals surface area contributed by atoms with E-state index in [1.807, 2.05) is 0 Å². The molecule has 1 N–H and O–H groups in total. The largest absolute Gasteiger partial charge is 0.385 e. The second-order valence-electron chi connectivity index (χ2n) is 6.04. The lowest BCUT2D eigenvalue weighted by molar-refractivity contribution is 0.0825. The summed E-state index contributed by atoms with van der Waals surface area (Å²) < 4.78 is 5.10. The molecule has 0 aromatic rings. The number of rotatable bonds is 9. The zero-order valence-electron chi connectivity index (χ0n) is 13.5. The van der Waals surface area contributed by atoms with Gasteiger partial charge in [-0.3, -0.25) is 0 Å². The first-order chi connectivity index (χ1) is 9.20. The smallest absolute Gasteiger partial charge is 0.0462 e. The Balaban J connectivity index is 2.23. The van der Waals surface area contributed by atoms with Gasteiger partial charge in [0.05, 0.1) is 0 Å². The highest BCUT2D eigenvalue weighted by Gasteiger charge is 2.31. The van der Waals surface area contributed by atoms with E-state index in [0.717, 1.165) is 18.6 Å². The molecule has 0 spiro atoms. The monoisotopic (exact) mass is 270 g/mol. The van der Waals surface area contributed by atoms with Gasteiger partial charge in [0, 0.05) is 25.8 Å². The van der Waals surface area contributed by atoms with Gasteiger partial charge in [0.2, 0.25) is 0 Å². The number of nitrogens with one attached hydrogen (secondary N) is 1. The number of nitrogens with zero attached hydrogens (tertiary/aromatic N) is 1. The van der Waals surface area contributed by atoms with Gasteiger partial charge in [-0.15, -0.1) is 0 Å². The highest BCUT2D eigenvalue weighted by molar-refractivity contribution is 4.88. The van der Waals surface area contributed by atoms with Crippen LogP contribution in [0.1, 0.15) is 52.9 Å². The lowest BCUT2D eigenvalue weighted by Crippen LogP contribution is -2.53. The van der Waals surface area contributed by atoms with Crippen LogP contribution in [0.5, 0.6) is 0 Å². The highest BCUT2D eigenvalue weighted by Crippen LogP contribution is 2.24. The minimum absolute atomic E-state index is 0.713. The fourth-order valence-corrected chi connectivity index (χ4v) is 3.11. The maximum absolute atomic E-state index is 5.10. The van der Waals surface area contributed by atoms with Gasteiger partial charge in [0.15, 0.2) is 0 Å². The molecular formula is C16H34N2O. The third kappa shape index (κ3) is 5.80. The molecule has 1 aliphatic heterocycles. The van der Waals surface area contributed by atoms with Crippen molar-refractivity contribution in [3.05, 3.63) is 0 Å². The van der Waals surface area contributed by atoms with Crippen LogP contribution in [0.3, 0.4) is 0 Å². The molecule has 1 aliphatic rings. The summed E-state index contributed by atoms with van der Waals surface area (Å²) in [6.45, 7) is 11.7. The molecule has 1 saturated heterocycles. The van der Waals surface area contributed by atoms with Crippen molar-refractivity contribution < 1.29 is 4.74 Å². The second-order valence-corrected chi connectivity index (χ2v) is 6.04. The van der Waals surface area contributed by atoms with Gasteiger partial charge in [-0.05, 0) is 64.6 Å². The van der Waals surface area contributed by atoms with Crippen LogP contribution in [-0.4, -0.2) is 50.3 Å². The van der Waals surface area contributed by atoms with E-state index < -0.39 is 0 Å². The van der Waals surface area contributed by atoms with Crippen molar-refractivity contribution in [3.8, 4) is 0 Å². The Hall–Kier alpha value is -0.120. The molecule has 3 atom stereocenters. The van der Waals surface area contributed by atoms with Crippen molar-refractivity contribution in [1.82, 2.24) is 10.2 Å². The quantitative estimate of drug-likeness (QED) is 0.652. The fourth-order valence-electron chi connectivity index (χ4n) is 3.11. The lowest BCUT2D eigenvalue weighted by atomic mass is 9.86. The standard InChI is InChI=1S/C16H34N2O/c1-5-10-17-16-9-12-18(15(3)14(16)2)11-7-6-8-13-19-4/h14-17H,5-13H2,1-4H3. The van der Waals surface area contributed by atoms with E-state index in [0.29, 0.717) is 6.04 Å². The molecule has 0 radical (unpaired) electrons. The van der Waals surface area contributed by atoms with E-state index in [9.17, 15) is 0 Å². The minimum Gasteiger partial charge on any atom is -0.385 e. The molecule has 1 rings (SSSR count). The number of methoxy groups -OCH3 is 1. The number of hydrogen-bond donors (Lipinski definition) is 1. The Morgan fingerprint density at radius 2 is 2.00 bits per heavy atom. The van der Waals surface area contributed by atoms with E-state index in [4.69, 9.17) is 4.74 Å². The Morgan fingerprint density at radius 1 is 1.21 bits per heavy atom. The van der Waals surface area contributed by atoms with Gasteiger partial charge >= 0.3 is 0 Å². The molecule has 1 fully saturated rings. The summed E-state index contributed by atoms with van der Waals surface area (Å²) in [7, 11) is 1.79. The van der Waals surface area contributed by atoms with Crippen LogP contribution in [0.25, 0.3) is 0 Å². The molecule has 114 valence electrons. The van der Waals surface area contributed by atoms with Crippen molar-refractivity contribution >= 4 is 0 Å². The summed E-state index contributed by atoms with van der Waals surface area (Å²) in [6.07, 6.45) is 6.36. The van der Waals surface area contributed by atoms with Crippen LogP contribution in [0.2, 0.25) is 0 Å². The maximum atomic E-state index is 5.10. The average Bonchev–Trinajstić information content (AvgIpc) is 2.42. The van der Waals surface area contributed by atoms with Gasteiger partial charge in [0.1, 0.15) is 0 Å². The highest BCUT2D eigenvalue weighted by atomic mass is 16.5. The van der Waals surface area contributed by atoms with Crippen molar-refractivity contribution in [2.75, 3.05) is 33.4 Å². The molecule has 0 bridgehead atoms. The Morgan fingerprint density at radius 3 is 2.68 bits per heavy atom. The maximum Gasteiger partial charge on any atom is 0.0462 e. The van der Waals surface area contributed by atoms with Crippen molar-refractivity contribution in [1.29, 1.82) is 0 Å². The number of unbranched alkanes of at least 4 members (excludes halogenated alkanes) is 2. The Bertz CT molecular complexity index is 221.